The summed E-state index contributed by atoms with van der Waals surface area (Å²) in [5, 5.41) is 4.07. The van der Waals surface area contributed by atoms with Gasteiger partial charge in [0.1, 0.15) is 0 Å². The average Bonchev–Trinajstić information content (AvgIpc) is 2.97. The number of halogens is 2. The van der Waals surface area contributed by atoms with Crippen molar-refractivity contribution < 1.29 is 17.2 Å². The van der Waals surface area contributed by atoms with Crippen LogP contribution in [0.25, 0.3) is 0 Å². The minimum absolute atomic E-state index is 0.0654. The molecule has 0 aliphatic rings. The topological polar surface area (TPSA) is 76.9 Å². The molecule has 2 aromatic heterocycles. The van der Waals surface area contributed by atoms with E-state index >= 15 is 0 Å². The van der Waals surface area contributed by atoms with Crippen LogP contribution in [0.3, 0.4) is 0 Å². The van der Waals surface area contributed by atoms with Gasteiger partial charge in [-0.3, -0.25) is 14.4 Å². The summed E-state index contributed by atoms with van der Waals surface area (Å²) in [6.45, 7) is 0.369. The van der Waals surface area contributed by atoms with Gasteiger partial charge < -0.3 is 0 Å². The molecular formula is C15H12F2N4O2S. The molecule has 0 bridgehead atoms. The monoisotopic (exact) mass is 350 g/mol. The molecule has 0 atom stereocenters. The first-order valence-corrected chi connectivity index (χ1v) is 8.33. The van der Waals surface area contributed by atoms with Gasteiger partial charge in [0.25, 0.3) is 10.0 Å². The van der Waals surface area contributed by atoms with Gasteiger partial charge in [-0.1, -0.05) is 6.07 Å². The van der Waals surface area contributed by atoms with Crippen LogP contribution in [-0.2, 0) is 16.6 Å². The van der Waals surface area contributed by atoms with Crippen LogP contribution in [0.15, 0.2) is 59.8 Å². The van der Waals surface area contributed by atoms with Crippen LogP contribution < -0.4 is 4.72 Å². The Morgan fingerprint density at radius 3 is 2.62 bits per heavy atom. The normalized spacial score (nSPS) is 11.4. The minimum Gasteiger partial charge on any atom is -0.265 e. The van der Waals surface area contributed by atoms with Crippen LogP contribution >= 0.6 is 0 Å². The largest absolute Gasteiger partial charge is 0.265 e. The minimum atomic E-state index is -4.06. The van der Waals surface area contributed by atoms with Crippen molar-refractivity contribution in [3.63, 3.8) is 0 Å². The predicted octanol–water partition coefficient (Wildman–Crippen LogP) is 2.41. The lowest BCUT2D eigenvalue weighted by molar-refractivity contribution is 0.504. The zero-order valence-electron chi connectivity index (χ0n) is 12.2. The maximum Gasteiger partial charge on any atom is 0.263 e. The molecule has 0 unspecified atom stereocenters. The van der Waals surface area contributed by atoms with Crippen molar-refractivity contribution in [2.75, 3.05) is 4.72 Å². The average molecular weight is 350 g/mol. The van der Waals surface area contributed by atoms with Crippen molar-refractivity contribution in [3.8, 4) is 0 Å². The lowest BCUT2D eigenvalue weighted by atomic mass is 10.3. The predicted molar refractivity (Wildman–Crippen MR) is 82.7 cm³/mol. The van der Waals surface area contributed by atoms with E-state index in [4.69, 9.17) is 0 Å². The fraction of sp³-hybridized carbons (Fsp3) is 0.0667. The van der Waals surface area contributed by atoms with Crippen molar-refractivity contribution in [1.29, 1.82) is 0 Å². The first-order chi connectivity index (χ1) is 11.4. The number of nitrogens with zero attached hydrogens (tertiary/aromatic N) is 3. The lowest BCUT2D eigenvalue weighted by Crippen LogP contribution is -2.14. The van der Waals surface area contributed by atoms with Gasteiger partial charge in [0.2, 0.25) is 0 Å². The Labute approximate surface area is 136 Å². The molecule has 1 aromatic carbocycles. The quantitative estimate of drug-likeness (QED) is 0.767. The molecule has 9 heteroatoms. The summed E-state index contributed by atoms with van der Waals surface area (Å²) in [4.78, 5) is 3.76. The molecule has 0 saturated heterocycles. The third-order valence-corrected chi connectivity index (χ3v) is 4.48. The number of hydrogen-bond acceptors (Lipinski definition) is 4. The van der Waals surface area contributed by atoms with E-state index in [1.165, 1.54) is 10.7 Å². The summed E-state index contributed by atoms with van der Waals surface area (Å²) in [6.07, 6.45) is 3.23. The molecule has 0 aliphatic heterocycles. The van der Waals surface area contributed by atoms with E-state index in [0.717, 1.165) is 17.8 Å². The number of benzene rings is 1. The molecule has 24 heavy (non-hydrogen) atoms. The maximum atomic E-state index is 13.2. The van der Waals surface area contributed by atoms with E-state index in [-0.39, 0.29) is 10.7 Å². The molecule has 3 aromatic rings. The van der Waals surface area contributed by atoms with Crippen molar-refractivity contribution in [2.45, 2.75) is 11.4 Å². The highest BCUT2D eigenvalue weighted by Crippen LogP contribution is 2.17. The van der Waals surface area contributed by atoms with Gasteiger partial charge in [-0.2, -0.15) is 5.10 Å². The van der Waals surface area contributed by atoms with Gasteiger partial charge in [-0.05, 0) is 30.3 Å². The second kappa shape index (κ2) is 6.36. The van der Waals surface area contributed by atoms with Crippen molar-refractivity contribution in [1.82, 2.24) is 14.8 Å². The molecule has 0 aliphatic carbocycles. The van der Waals surface area contributed by atoms with Crippen LogP contribution in [0.2, 0.25) is 0 Å². The zero-order chi connectivity index (χ0) is 17.2. The first-order valence-electron chi connectivity index (χ1n) is 6.85. The van der Waals surface area contributed by atoms with Gasteiger partial charge in [0, 0.05) is 18.5 Å². The first kappa shape index (κ1) is 16.1. The molecule has 6 nitrogen and oxygen atoms in total. The highest BCUT2D eigenvalue weighted by molar-refractivity contribution is 7.92. The maximum absolute atomic E-state index is 13.2. The Balaban J connectivity index is 1.77. The van der Waals surface area contributed by atoms with Crippen molar-refractivity contribution in [2.24, 2.45) is 0 Å². The summed E-state index contributed by atoms with van der Waals surface area (Å²) >= 11 is 0. The van der Waals surface area contributed by atoms with Gasteiger partial charge >= 0.3 is 0 Å². The molecule has 0 radical (unpaired) electrons. The Bertz CT molecular complexity index is 959. The van der Waals surface area contributed by atoms with Crippen LogP contribution in [0.4, 0.5) is 14.6 Å². The van der Waals surface area contributed by atoms with E-state index in [1.54, 1.807) is 18.5 Å². The Morgan fingerprint density at radius 1 is 1.08 bits per heavy atom. The van der Waals surface area contributed by atoms with E-state index < -0.39 is 21.7 Å². The van der Waals surface area contributed by atoms with Gasteiger partial charge in [-0.25, -0.2) is 17.2 Å². The molecule has 3 rings (SSSR count). The second-order valence-electron chi connectivity index (χ2n) is 4.90. The smallest absolute Gasteiger partial charge is 0.263 e. The molecule has 0 amide bonds. The molecule has 0 spiro atoms. The fourth-order valence-electron chi connectivity index (χ4n) is 2.00. The van der Waals surface area contributed by atoms with E-state index in [9.17, 15) is 17.2 Å². The lowest BCUT2D eigenvalue weighted by Gasteiger charge is -2.06. The number of pyridine rings is 1. The summed E-state index contributed by atoms with van der Waals surface area (Å²) in [6, 6.07) is 9.23. The number of aromatic nitrogens is 3. The van der Waals surface area contributed by atoms with Crippen LogP contribution in [0.5, 0.6) is 0 Å². The zero-order valence-corrected chi connectivity index (χ0v) is 13.0. The number of nitrogens with one attached hydrogen (secondary N) is 1. The number of hydrogen-bond donors (Lipinski definition) is 1. The standard InChI is InChI=1S/C15H12F2N4O2S/c16-13-5-4-12(9-14(13)17)24(22,23)20-15-6-8-21(19-15)10-11-3-1-2-7-18-11/h1-9H,10H2,(H,19,20). The number of sulfonamides is 1. The van der Waals surface area contributed by atoms with Crippen molar-refractivity contribution >= 4 is 15.8 Å². The SMILES string of the molecule is O=S(=O)(Nc1ccn(Cc2ccccn2)n1)c1ccc(F)c(F)c1. The summed E-state index contributed by atoms with van der Waals surface area (Å²) < 4.78 is 54.2. The van der Waals surface area contributed by atoms with E-state index in [1.807, 2.05) is 12.1 Å². The molecule has 1 N–H and O–H groups in total. The third kappa shape index (κ3) is 3.57. The van der Waals surface area contributed by atoms with Crippen LogP contribution in [-0.4, -0.2) is 23.2 Å². The number of anilines is 1. The van der Waals surface area contributed by atoms with Crippen LogP contribution in [0.1, 0.15) is 5.69 Å². The Hall–Kier alpha value is -2.81. The highest BCUT2D eigenvalue weighted by atomic mass is 32.2. The third-order valence-electron chi connectivity index (χ3n) is 3.13. The second-order valence-corrected chi connectivity index (χ2v) is 6.58. The fourth-order valence-corrected chi connectivity index (χ4v) is 3.01. The van der Waals surface area contributed by atoms with E-state index in [2.05, 4.69) is 14.8 Å². The van der Waals surface area contributed by atoms with Gasteiger partial charge in [0.05, 0.1) is 17.1 Å². The van der Waals surface area contributed by atoms with Crippen molar-refractivity contribution in [3.05, 3.63) is 72.2 Å². The molecule has 0 fully saturated rings. The Kier molecular flexibility index (Phi) is 4.26. The summed E-state index contributed by atoms with van der Waals surface area (Å²) in [5.41, 5.74) is 0.760. The molecule has 124 valence electrons. The number of rotatable bonds is 5. The summed E-state index contributed by atoms with van der Waals surface area (Å²) in [7, 11) is -4.06. The molecular weight excluding hydrogens is 338 g/mol. The van der Waals surface area contributed by atoms with E-state index in [0.29, 0.717) is 12.6 Å². The van der Waals surface area contributed by atoms with Crippen LogP contribution in [0, 0.1) is 11.6 Å². The highest BCUT2D eigenvalue weighted by Gasteiger charge is 2.17. The molecule has 2 heterocycles. The molecule has 0 saturated carbocycles. The Morgan fingerprint density at radius 2 is 1.92 bits per heavy atom. The van der Waals surface area contributed by atoms with Gasteiger partial charge in [0.15, 0.2) is 17.5 Å². The summed E-state index contributed by atoms with van der Waals surface area (Å²) in [5.74, 6) is -2.29. The van der Waals surface area contributed by atoms with Gasteiger partial charge in [-0.15, -0.1) is 0 Å².